The van der Waals surface area contributed by atoms with E-state index in [1.165, 1.54) is 11.8 Å². The summed E-state index contributed by atoms with van der Waals surface area (Å²) in [4.78, 5) is 9.34. The number of aliphatic hydroxyl groups excluding tert-OH is 1. The first-order valence-corrected chi connectivity index (χ1v) is 6.70. The maximum atomic E-state index is 9.48. The van der Waals surface area contributed by atoms with Gasteiger partial charge in [-0.1, -0.05) is 6.07 Å². The molecular weight excluding hydrogens is 300 g/mol. The second kappa shape index (κ2) is 5.62. The number of benzene rings is 1. The van der Waals surface area contributed by atoms with E-state index in [0.717, 1.165) is 14.9 Å². The van der Waals surface area contributed by atoms with Gasteiger partial charge in [0, 0.05) is 21.8 Å². The summed E-state index contributed by atoms with van der Waals surface area (Å²) in [6.45, 7) is 1.74. The highest BCUT2D eigenvalue weighted by atomic mass is 79.9. The Morgan fingerprint density at radius 1 is 1.29 bits per heavy atom. The van der Waals surface area contributed by atoms with Crippen molar-refractivity contribution in [2.75, 3.05) is 0 Å². The van der Waals surface area contributed by atoms with Crippen molar-refractivity contribution >= 4 is 27.7 Å². The van der Waals surface area contributed by atoms with Crippen LogP contribution in [0.4, 0.5) is 0 Å². The first kappa shape index (κ1) is 12.5. The molecule has 1 aromatic carbocycles. The minimum Gasteiger partial charge on any atom is -0.389 e. The molecule has 3 nitrogen and oxygen atoms in total. The molecule has 0 aliphatic heterocycles. The summed E-state index contributed by atoms with van der Waals surface area (Å²) in [6.07, 6.45) is 2.97. The van der Waals surface area contributed by atoms with Crippen molar-refractivity contribution in [3.05, 3.63) is 46.7 Å². The minimum absolute atomic E-state index is 0.460. The van der Waals surface area contributed by atoms with Gasteiger partial charge in [0.2, 0.25) is 0 Å². The van der Waals surface area contributed by atoms with Crippen LogP contribution in [0, 0.1) is 0 Å². The standard InChI is InChI=1S/C12H11BrN2OS/c1-8(16)9-3-4-11(10(13)7-9)17-12-14-5-2-6-15-12/h2-8,16H,1H3/t8-/m0/s1. The van der Waals surface area contributed by atoms with Crippen molar-refractivity contribution in [2.45, 2.75) is 23.1 Å². The van der Waals surface area contributed by atoms with Crippen LogP contribution in [0.15, 0.2) is 51.2 Å². The Labute approximate surface area is 112 Å². The van der Waals surface area contributed by atoms with E-state index >= 15 is 0 Å². The number of hydrogen-bond donors (Lipinski definition) is 1. The number of rotatable bonds is 3. The molecule has 0 saturated heterocycles. The smallest absolute Gasteiger partial charge is 0.192 e. The Morgan fingerprint density at radius 3 is 2.59 bits per heavy atom. The highest BCUT2D eigenvalue weighted by Gasteiger charge is 2.07. The second-order valence-electron chi connectivity index (χ2n) is 3.50. The molecule has 0 unspecified atom stereocenters. The topological polar surface area (TPSA) is 46.0 Å². The molecule has 0 aliphatic carbocycles. The molecule has 88 valence electrons. The molecule has 0 saturated carbocycles. The molecule has 0 fully saturated rings. The second-order valence-corrected chi connectivity index (χ2v) is 5.36. The van der Waals surface area contributed by atoms with Crippen molar-refractivity contribution in [1.29, 1.82) is 0 Å². The summed E-state index contributed by atoms with van der Waals surface area (Å²) in [5, 5.41) is 10.2. The maximum absolute atomic E-state index is 9.48. The Balaban J connectivity index is 2.23. The van der Waals surface area contributed by atoms with E-state index in [1.54, 1.807) is 25.4 Å². The molecule has 0 amide bonds. The molecule has 2 aromatic rings. The average molecular weight is 311 g/mol. The Bertz CT molecular complexity index is 505. The summed E-state index contributed by atoms with van der Waals surface area (Å²) < 4.78 is 0.938. The average Bonchev–Trinajstić information content (AvgIpc) is 2.33. The molecule has 1 heterocycles. The van der Waals surface area contributed by atoms with Crippen molar-refractivity contribution in [3.8, 4) is 0 Å². The van der Waals surface area contributed by atoms with Gasteiger partial charge in [0.25, 0.3) is 0 Å². The lowest BCUT2D eigenvalue weighted by molar-refractivity contribution is 0.199. The van der Waals surface area contributed by atoms with Crippen LogP contribution in [0.5, 0.6) is 0 Å². The van der Waals surface area contributed by atoms with E-state index in [2.05, 4.69) is 25.9 Å². The van der Waals surface area contributed by atoms with Crippen LogP contribution < -0.4 is 0 Å². The molecule has 2 rings (SSSR count). The van der Waals surface area contributed by atoms with Crippen LogP contribution in [-0.2, 0) is 0 Å². The lowest BCUT2D eigenvalue weighted by atomic mass is 10.1. The summed E-state index contributed by atoms with van der Waals surface area (Å²) in [5.41, 5.74) is 0.884. The molecular formula is C12H11BrN2OS. The summed E-state index contributed by atoms with van der Waals surface area (Å²) in [6, 6.07) is 7.56. The maximum Gasteiger partial charge on any atom is 0.192 e. The van der Waals surface area contributed by atoms with Gasteiger partial charge in [-0.15, -0.1) is 0 Å². The van der Waals surface area contributed by atoms with Gasteiger partial charge in [0.15, 0.2) is 5.16 Å². The zero-order chi connectivity index (χ0) is 12.3. The van der Waals surface area contributed by atoms with Crippen LogP contribution >= 0.6 is 27.7 Å². The van der Waals surface area contributed by atoms with Crippen LogP contribution in [0.1, 0.15) is 18.6 Å². The van der Waals surface area contributed by atoms with E-state index in [1.807, 2.05) is 18.2 Å². The first-order chi connectivity index (χ1) is 8.16. The van der Waals surface area contributed by atoms with Crippen LogP contribution in [-0.4, -0.2) is 15.1 Å². The van der Waals surface area contributed by atoms with Gasteiger partial charge in [0.1, 0.15) is 0 Å². The molecule has 5 heteroatoms. The van der Waals surface area contributed by atoms with Gasteiger partial charge in [-0.05, 0) is 58.4 Å². The SMILES string of the molecule is C[C@H](O)c1ccc(Sc2ncccn2)c(Br)c1. The van der Waals surface area contributed by atoms with Crippen molar-refractivity contribution in [1.82, 2.24) is 9.97 Å². The normalized spacial score (nSPS) is 12.4. The predicted octanol–water partition coefficient (Wildman–Crippen LogP) is 3.44. The zero-order valence-electron chi connectivity index (χ0n) is 9.17. The third-order valence-corrected chi connectivity index (χ3v) is 4.07. The number of halogens is 1. The molecule has 17 heavy (non-hydrogen) atoms. The van der Waals surface area contributed by atoms with Gasteiger partial charge in [-0.25, -0.2) is 9.97 Å². The molecule has 1 N–H and O–H groups in total. The Kier molecular flexibility index (Phi) is 4.15. The van der Waals surface area contributed by atoms with Crippen LogP contribution in [0.2, 0.25) is 0 Å². The number of nitrogens with zero attached hydrogens (tertiary/aromatic N) is 2. The Morgan fingerprint density at radius 2 is 2.00 bits per heavy atom. The number of aromatic nitrogens is 2. The highest BCUT2D eigenvalue weighted by Crippen LogP contribution is 2.33. The lowest BCUT2D eigenvalue weighted by Gasteiger charge is -2.08. The quantitative estimate of drug-likeness (QED) is 0.882. The summed E-state index contributed by atoms with van der Waals surface area (Å²) >= 11 is 4.97. The van der Waals surface area contributed by atoms with Gasteiger partial charge in [0.05, 0.1) is 6.10 Å². The molecule has 0 radical (unpaired) electrons. The van der Waals surface area contributed by atoms with E-state index < -0.39 is 6.10 Å². The summed E-state index contributed by atoms with van der Waals surface area (Å²) in [5.74, 6) is 0. The van der Waals surface area contributed by atoms with Gasteiger partial charge in [-0.2, -0.15) is 0 Å². The van der Waals surface area contributed by atoms with E-state index in [4.69, 9.17) is 0 Å². The Hall–Kier alpha value is -0.910. The van der Waals surface area contributed by atoms with E-state index in [-0.39, 0.29) is 0 Å². The van der Waals surface area contributed by atoms with Crippen LogP contribution in [0.3, 0.4) is 0 Å². The fourth-order valence-corrected chi connectivity index (χ4v) is 2.65. The van der Waals surface area contributed by atoms with Crippen molar-refractivity contribution in [2.24, 2.45) is 0 Å². The predicted molar refractivity (Wildman–Crippen MR) is 70.9 cm³/mol. The number of aliphatic hydroxyl groups is 1. The van der Waals surface area contributed by atoms with Crippen molar-refractivity contribution in [3.63, 3.8) is 0 Å². The lowest BCUT2D eigenvalue weighted by Crippen LogP contribution is -1.91. The molecule has 0 bridgehead atoms. The largest absolute Gasteiger partial charge is 0.389 e. The fraction of sp³-hybridized carbons (Fsp3) is 0.167. The van der Waals surface area contributed by atoms with Crippen LogP contribution in [0.25, 0.3) is 0 Å². The molecule has 0 spiro atoms. The summed E-state index contributed by atoms with van der Waals surface area (Å²) in [7, 11) is 0. The third kappa shape index (κ3) is 3.28. The third-order valence-electron chi connectivity index (χ3n) is 2.18. The minimum atomic E-state index is -0.460. The van der Waals surface area contributed by atoms with Gasteiger partial charge < -0.3 is 5.11 Å². The van der Waals surface area contributed by atoms with E-state index in [0.29, 0.717) is 5.16 Å². The zero-order valence-corrected chi connectivity index (χ0v) is 11.6. The molecule has 1 atom stereocenters. The van der Waals surface area contributed by atoms with E-state index in [9.17, 15) is 5.11 Å². The van der Waals surface area contributed by atoms with Gasteiger partial charge in [-0.3, -0.25) is 0 Å². The van der Waals surface area contributed by atoms with Crippen molar-refractivity contribution < 1.29 is 5.11 Å². The van der Waals surface area contributed by atoms with Gasteiger partial charge >= 0.3 is 0 Å². The monoisotopic (exact) mass is 310 g/mol. The highest BCUT2D eigenvalue weighted by molar-refractivity contribution is 9.10. The molecule has 1 aromatic heterocycles. The number of hydrogen-bond acceptors (Lipinski definition) is 4. The fourth-order valence-electron chi connectivity index (χ4n) is 1.30. The first-order valence-electron chi connectivity index (χ1n) is 5.09. The molecule has 0 aliphatic rings.